The van der Waals surface area contributed by atoms with E-state index < -0.39 is 0 Å². The molecule has 1 aromatic heterocycles. The molecule has 0 aliphatic carbocycles. The lowest BCUT2D eigenvalue weighted by atomic mass is 10.0. The molecule has 0 saturated carbocycles. The number of hydrogen-bond acceptors (Lipinski definition) is 6. The van der Waals surface area contributed by atoms with Gasteiger partial charge in [-0.05, 0) is 43.7 Å². The summed E-state index contributed by atoms with van der Waals surface area (Å²) >= 11 is 0. The van der Waals surface area contributed by atoms with E-state index in [-0.39, 0.29) is 17.8 Å². The number of esters is 1. The number of rotatable bonds is 4. The fourth-order valence-electron chi connectivity index (χ4n) is 2.79. The molecule has 1 aliphatic rings. The van der Waals surface area contributed by atoms with E-state index in [0.717, 1.165) is 25.8 Å². The standard InChI is InChI=1S/C16H18FN3O3/c1-22-16(21)13-4-2-3-9-20(13)10-14-18-15(19-23-14)11-5-7-12(17)8-6-11/h5-8,13H,2-4,9-10H2,1H3. The van der Waals surface area contributed by atoms with Gasteiger partial charge in [0.2, 0.25) is 11.7 Å². The minimum Gasteiger partial charge on any atom is -0.468 e. The highest BCUT2D eigenvalue weighted by Crippen LogP contribution is 2.22. The molecule has 0 spiro atoms. The second kappa shape index (κ2) is 6.87. The number of carbonyl (C=O) groups excluding carboxylic acids is 1. The van der Waals surface area contributed by atoms with Gasteiger partial charge in [-0.1, -0.05) is 11.6 Å². The Morgan fingerprint density at radius 2 is 2.17 bits per heavy atom. The summed E-state index contributed by atoms with van der Waals surface area (Å²) in [7, 11) is 1.40. The number of hydrogen-bond donors (Lipinski definition) is 0. The summed E-state index contributed by atoms with van der Waals surface area (Å²) in [5.74, 6) is 0.293. The van der Waals surface area contributed by atoms with Gasteiger partial charge in [0.05, 0.1) is 13.7 Å². The molecule has 6 nitrogen and oxygen atoms in total. The third-order valence-electron chi connectivity index (χ3n) is 4.00. The van der Waals surface area contributed by atoms with E-state index in [4.69, 9.17) is 9.26 Å². The van der Waals surface area contributed by atoms with Crippen LogP contribution in [0.5, 0.6) is 0 Å². The SMILES string of the molecule is COC(=O)C1CCCCN1Cc1nc(-c2ccc(F)cc2)no1. The zero-order chi connectivity index (χ0) is 16.2. The van der Waals surface area contributed by atoms with Gasteiger partial charge in [0.1, 0.15) is 11.9 Å². The van der Waals surface area contributed by atoms with E-state index in [0.29, 0.717) is 23.8 Å². The van der Waals surface area contributed by atoms with Crippen molar-refractivity contribution in [3.05, 3.63) is 36.0 Å². The molecule has 7 heteroatoms. The van der Waals surface area contributed by atoms with E-state index in [1.165, 1.54) is 19.2 Å². The van der Waals surface area contributed by atoms with Crippen molar-refractivity contribution in [2.45, 2.75) is 31.8 Å². The Hall–Kier alpha value is -2.28. The molecule has 1 fully saturated rings. The van der Waals surface area contributed by atoms with E-state index >= 15 is 0 Å². The molecule has 1 atom stereocenters. The smallest absolute Gasteiger partial charge is 0.323 e. The molecule has 0 amide bonds. The van der Waals surface area contributed by atoms with Crippen LogP contribution in [0.1, 0.15) is 25.2 Å². The summed E-state index contributed by atoms with van der Waals surface area (Å²) in [6, 6.07) is 5.63. The van der Waals surface area contributed by atoms with Crippen LogP contribution >= 0.6 is 0 Å². The second-order valence-electron chi connectivity index (χ2n) is 5.52. The third-order valence-corrected chi connectivity index (χ3v) is 4.00. The van der Waals surface area contributed by atoms with E-state index in [1.807, 2.05) is 4.90 Å². The van der Waals surface area contributed by atoms with Crippen molar-refractivity contribution >= 4 is 5.97 Å². The van der Waals surface area contributed by atoms with Gasteiger partial charge in [-0.2, -0.15) is 4.98 Å². The molecular weight excluding hydrogens is 301 g/mol. The first kappa shape index (κ1) is 15.6. The van der Waals surface area contributed by atoms with Crippen molar-refractivity contribution in [2.75, 3.05) is 13.7 Å². The molecule has 1 saturated heterocycles. The Kier molecular flexibility index (Phi) is 4.66. The summed E-state index contributed by atoms with van der Waals surface area (Å²) in [5.41, 5.74) is 0.685. The first-order valence-corrected chi connectivity index (χ1v) is 7.58. The zero-order valence-corrected chi connectivity index (χ0v) is 12.9. The van der Waals surface area contributed by atoms with Crippen molar-refractivity contribution in [3.8, 4) is 11.4 Å². The summed E-state index contributed by atoms with van der Waals surface area (Å²) < 4.78 is 23.1. The Bertz CT molecular complexity index is 671. The predicted molar refractivity (Wildman–Crippen MR) is 79.8 cm³/mol. The van der Waals surface area contributed by atoms with Crippen LogP contribution in [0.25, 0.3) is 11.4 Å². The van der Waals surface area contributed by atoms with Crippen molar-refractivity contribution in [2.24, 2.45) is 0 Å². The maximum absolute atomic E-state index is 13.0. The van der Waals surface area contributed by atoms with Gasteiger partial charge in [0, 0.05) is 5.56 Å². The number of ether oxygens (including phenoxy) is 1. The average molecular weight is 319 g/mol. The summed E-state index contributed by atoms with van der Waals surface area (Å²) in [6.07, 6.45) is 2.79. The van der Waals surface area contributed by atoms with Crippen LogP contribution in [0.15, 0.2) is 28.8 Å². The molecule has 1 aliphatic heterocycles. The Balaban J connectivity index is 1.72. The highest BCUT2D eigenvalue weighted by molar-refractivity contribution is 5.75. The van der Waals surface area contributed by atoms with Crippen molar-refractivity contribution < 1.29 is 18.4 Å². The lowest BCUT2D eigenvalue weighted by Crippen LogP contribution is -2.44. The van der Waals surface area contributed by atoms with E-state index in [9.17, 15) is 9.18 Å². The van der Waals surface area contributed by atoms with Crippen LogP contribution in [0.3, 0.4) is 0 Å². The fraction of sp³-hybridized carbons (Fsp3) is 0.438. The van der Waals surface area contributed by atoms with Gasteiger partial charge in [0.25, 0.3) is 0 Å². The lowest BCUT2D eigenvalue weighted by Gasteiger charge is -2.32. The third kappa shape index (κ3) is 3.56. The van der Waals surface area contributed by atoms with Crippen LogP contribution in [0, 0.1) is 5.82 Å². The summed E-state index contributed by atoms with van der Waals surface area (Å²) in [4.78, 5) is 18.2. The zero-order valence-electron chi connectivity index (χ0n) is 12.9. The Labute approximate surface area is 133 Å². The van der Waals surface area contributed by atoms with Crippen molar-refractivity contribution in [1.29, 1.82) is 0 Å². The molecule has 3 rings (SSSR count). The minimum atomic E-state index is -0.313. The highest BCUT2D eigenvalue weighted by atomic mass is 19.1. The largest absolute Gasteiger partial charge is 0.468 e. The maximum Gasteiger partial charge on any atom is 0.323 e. The van der Waals surface area contributed by atoms with Crippen molar-refractivity contribution in [1.82, 2.24) is 15.0 Å². The Morgan fingerprint density at radius 1 is 1.39 bits per heavy atom. The summed E-state index contributed by atoms with van der Waals surface area (Å²) in [5, 5.41) is 3.92. The number of carbonyl (C=O) groups is 1. The number of piperidine rings is 1. The van der Waals surface area contributed by atoms with Crippen LogP contribution in [0.4, 0.5) is 4.39 Å². The summed E-state index contributed by atoms with van der Waals surface area (Å²) in [6.45, 7) is 1.18. The van der Waals surface area contributed by atoms with Gasteiger partial charge in [-0.25, -0.2) is 4.39 Å². The molecule has 122 valence electrons. The predicted octanol–water partition coefficient (Wildman–Crippen LogP) is 2.40. The number of methoxy groups -OCH3 is 1. The van der Waals surface area contributed by atoms with Crippen LogP contribution in [-0.4, -0.2) is 40.7 Å². The molecule has 1 unspecified atom stereocenters. The van der Waals surface area contributed by atoms with Gasteiger partial charge >= 0.3 is 5.97 Å². The number of halogens is 1. The lowest BCUT2D eigenvalue weighted by molar-refractivity contribution is -0.148. The van der Waals surface area contributed by atoms with E-state index in [1.54, 1.807) is 12.1 Å². The normalized spacial score (nSPS) is 18.8. The molecule has 23 heavy (non-hydrogen) atoms. The molecule has 0 N–H and O–H groups in total. The molecule has 0 bridgehead atoms. The average Bonchev–Trinajstić information content (AvgIpc) is 3.04. The molecule has 2 heterocycles. The minimum absolute atomic E-state index is 0.233. The maximum atomic E-state index is 13.0. The van der Waals surface area contributed by atoms with Gasteiger partial charge < -0.3 is 9.26 Å². The monoisotopic (exact) mass is 319 g/mol. The molecular formula is C16H18FN3O3. The van der Waals surface area contributed by atoms with Crippen molar-refractivity contribution in [3.63, 3.8) is 0 Å². The first-order chi connectivity index (χ1) is 11.2. The number of nitrogens with zero attached hydrogens (tertiary/aromatic N) is 3. The second-order valence-corrected chi connectivity index (χ2v) is 5.52. The van der Waals surface area contributed by atoms with Gasteiger partial charge in [-0.3, -0.25) is 9.69 Å². The van der Waals surface area contributed by atoms with Crippen LogP contribution in [0.2, 0.25) is 0 Å². The topological polar surface area (TPSA) is 68.5 Å². The molecule has 2 aromatic rings. The molecule has 0 radical (unpaired) electrons. The van der Waals surface area contributed by atoms with Crippen LogP contribution < -0.4 is 0 Å². The van der Waals surface area contributed by atoms with Gasteiger partial charge in [0.15, 0.2) is 0 Å². The Morgan fingerprint density at radius 3 is 2.91 bits per heavy atom. The van der Waals surface area contributed by atoms with E-state index in [2.05, 4.69) is 10.1 Å². The number of benzene rings is 1. The fourth-order valence-corrected chi connectivity index (χ4v) is 2.79. The van der Waals surface area contributed by atoms with Gasteiger partial charge in [-0.15, -0.1) is 0 Å². The highest BCUT2D eigenvalue weighted by Gasteiger charge is 2.30. The number of aromatic nitrogens is 2. The van der Waals surface area contributed by atoms with Crippen LogP contribution in [-0.2, 0) is 16.1 Å². The first-order valence-electron chi connectivity index (χ1n) is 7.58. The quantitative estimate of drug-likeness (QED) is 0.806. The number of likely N-dealkylation sites (tertiary alicyclic amines) is 1. The molecule has 1 aromatic carbocycles.